The average molecular weight is 291 g/mol. The van der Waals surface area contributed by atoms with Gasteiger partial charge in [0, 0.05) is 17.2 Å². The van der Waals surface area contributed by atoms with E-state index in [4.69, 9.17) is 21.8 Å². The van der Waals surface area contributed by atoms with Crippen LogP contribution in [-0.4, -0.2) is 22.8 Å². The topological polar surface area (TPSA) is 57.5 Å². The number of aliphatic hydroxyl groups is 1. The van der Waals surface area contributed by atoms with Crippen LogP contribution in [0.4, 0.5) is 0 Å². The highest BCUT2D eigenvalue weighted by molar-refractivity contribution is 6.33. The molecule has 0 fully saturated rings. The summed E-state index contributed by atoms with van der Waals surface area (Å²) in [4.78, 5) is 11.2. The van der Waals surface area contributed by atoms with Crippen molar-refractivity contribution in [2.24, 2.45) is 0 Å². The van der Waals surface area contributed by atoms with Crippen LogP contribution in [0.15, 0.2) is 48.5 Å². The first-order chi connectivity index (χ1) is 9.63. The lowest BCUT2D eigenvalue weighted by molar-refractivity contribution is -0.139. The number of hydrogen-bond donors (Lipinski definition) is 2. The summed E-state index contributed by atoms with van der Waals surface area (Å²) in [5, 5.41) is 18.7. The van der Waals surface area contributed by atoms with E-state index in [1.54, 1.807) is 12.1 Å². The van der Waals surface area contributed by atoms with Crippen molar-refractivity contribution < 1.29 is 15.0 Å². The quantitative estimate of drug-likeness (QED) is 0.885. The number of benzene rings is 2. The van der Waals surface area contributed by atoms with Crippen molar-refractivity contribution >= 4 is 17.6 Å². The molecule has 0 saturated carbocycles. The van der Waals surface area contributed by atoms with Gasteiger partial charge in [-0.15, -0.1) is 0 Å². The highest BCUT2D eigenvalue weighted by atomic mass is 35.5. The van der Waals surface area contributed by atoms with Crippen molar-refractivity contribution in [1.29, 1.82) is 0 Å². The van der Waals surface area contributed by atoms with Crippen LogP contribution in [0.3, 0.4) is 0 Å². The summed E-state index contributed by atoms with van der Waals surface area (Å²) in [7, 11) is 0. The molecule has 0 radical (unpaired) electrons. The molecule has 0 bridgehead atoms. The van der Waals surface area contributed by atoms with Crippen molar-refractivity contribution in [2.75, 3.05) is 6.61 Å². The monoisotopic (exact) mass is 290 g/mol. The predicted octanol–water partition coefficient (Wildman–Crippen LogP) is 3.56. The summed E-state index contributed by atoms with van der Waals surface area (Å²) >= 11 is 6.13. The van der Waals surface area contributed by atoms with Crippen LogP contribution in [0.1, 0.15) is 17.9 Å². The number of hydrogen-bond acceptors (Lipinski definition) is 2. The first-order valence-corrected chi connectivity index (χ1v) is 6.70. The van der Waals surface area contributed by atoms with E-state index in [-0.39, 0.29) is 13.0 Å². The summed E-state index contributed by atoms with van der Waals surface area (Å²) in [5.74, 6) is -1.61. The van der Waals surface area contributed by atoms with Gasteiger partial charge in [-0.05, 0) is 23.6 Å². The summed E-state index contributed by atoms with van der Waals surface area (Å²) < 4.78 is 0. The highest BCUT2D eigenvalue weighted by Gasteiger charge is 2.19. The van der Waals surface area contributed by atoms with E-state index in [9.17, 15) is 4.79 Å². The predicted molar refractivity (Wildman–Crippen MR) is 79.0 cm³/mol. The molecule has 104 valence electrons. The Morgan fingerprint density at radius 2 is 1.75 bits per heavy atom. The Labute approximate surface area is 122 Å². The molecule has 2 aromatic rings. The summed E-state index contributed by atoms with van der Waals surface area (Å²) in [6, 6.07) is 14.7. The molecule has 0 spiro atoms. The van der Waals surface area contributed by atoms with E-state index in [1.807, 2.05) is 36.4 Å². The van der Waals surface area contributed by atoms with Gasteiger partial charge in [-0.25, -0.2) is 0 Å². The number of aliphatic carboxylic acids is 1. The SMILES string of the molecule is O=C(O)C(CCO)c1ccc(-c2ccccc2Cl)cc1. The van der Waals surface area contributed by atoms with Gasteiger partial charge in [-0.1, -0.05) is 54.1 Å². The lowest BCUT2D eigenvalue weighted by atomic mass is 9.94. The Morgan fingerprint density at radius 3 is 2.30 bits per heavy atom. The largest absolute Gasteiger partial charge is 0.481 e. The van der Waals surface area contributed by atoms with E-state index < -0.39 is 11.9 Å². The molecule has 0 aliphatic heterocycles. The first-order valence-electron chi connectivity index (χ1n) is 6.32. The van der Waals surface area contributed by atoms with Gasteiger partial charge < -0.3 is 10.2 Å². The van der Waals surface area contributed by atoms with Gasteiger partial charge in [-0.2, -0.15) is 0 Å². The minimum absolute atomic E-state index is 0.150. The summed E-state index contributed by atoms with van der Waals surface area (Å²) in [6.45, 7) is -0.150. The molecular weight excluding hydrogens is 276 g/mol. The Hall–Kier alpha value is -1.84. The van der Waals surface area contributed by atoms with E-state index in [1.165, 1.54) is 0 Å². The minimum atomic E-state index is -0.926. The molecule has 1 unspecified atom stereocenters. The maximum atomic E-state index is 11.2. The van der Waals surface area contributed by atoms with Gasteiger partial charge in [0.05, 0.1) is 5.92 Å². The molecule has 2 N–H and O–H groups in total. The number of carbonyl (C=O) groups is 1. The Morgan fingerprint density at radius 1 is 1.10 bits per heavy atom. The highest BCUT2D eigenvalue weighted by Crippen LogP contribution is 2.29. The number of aliphatic hydroxyl groups excluding tert-OH is 1. The van der Waals surface area contributed by atoms with Crippen molar-refractivity contribution in [3.63, 3.8) is 0 Å². The van der Waals surface area contributed by atoms with Crippen molar-refractivity contribution in [3.8, 4) is 11.1 Å². The van der Waals surface area contributed by atoms with E-state index in [0.29, 0.717) is 10.6 Å². The van der Waals surface area contributed by atoms with Gasteiger partial charge in [0.2, 0.25) is 0 Å². The maximum Gasteiger partial charge on any atom is 0.311 e. The Balaban J connectivity index is 2.30. The van der Waals surface area contributed by atoms with E-state index in [2.05, 4.69) is 0 Å². The fourth-order valence-corrected chi connectivity index (χ4v) is 2.40. The fourth-order valence-electron chi connectivity index (χ4n) is 2.15. The third kappa shape index (κ3) is 3.18. The fraction of sp³-hybridized carbons (Fsp3) is 0.188. The van der Waals surface area contributed by atoms with Gasteiger partial charge in [0.15, 0.2) is 0 Å². The van der Waals surface area contributed by atoms with Crippen LogP contribution in [0.25, 0.3) is 11.1 Å². The van der Waals surface area contributed by atoms with Gasteiger partial charge in [-0.3, -0.25) is 4.79 Å². The van der Waals surface area contributed by atoms with Crippen LogP contribution in [0.5, 0.6) is 0 Å². The normalized spacial score (nSPS) is 12.1. The number of carboxylic acid groups (broad SMARTS) is 1. The third-order valence-corrected chi connectivity index (χ3v) is 3.54. The molecule has 0 heterocycles. The van der Waals surface area contributed by atoms with Gasteiger partial charge >= 0.3 is 5.97 Å². The van der Waals surface area contributed by atoms with Crippen molar-refractivity contribution in [2.45, 2.75) is 12.3 Å². The molecule has 0 aliphatic carbocycles. The molecule has 2 aromatic carbocycles. The first kappa shape index (κ1) is 14.6. The third-order valence-electron chi connectivity index (χ3n) is 3.21. The van der Waals surface area contributed by atoms with E-state index >= 15 is 0 Å². The molecule has 20 heavy (non-hydrogen) atoms. The molecule has 1 atom stereocenters. The zero-order valence-electron chi connectivity index (χ0n) is 10.8. The Bertz CT molecular complexity index is 593. The van der Waals surface area contributed by atoms with Crippen molar-refractivity contribution in [1.82, 2.24) is 0 Å². The molecule has 0 aliphatic rings. The lowest BCUT2D eigenvalue weighted by Gasteiger charge is -2.12. The molecule has 0 saturated heterocycles. The number of rotatable bonds is 5. The second-order valence-corrected chi connectivity index (χ2v) is 4.91. The van der Waals surface area contributed by atoms with Crippen LogP contribution in [-0.2, 0) is 4.79 Å². The molecule has 4 heteroatoms. The zero-order chi connectivity index (χ0) is 14.5. The molecular formula is C16H15ClO3. The van der Waals surface area contributed by atoms with Crippen LogP contribution in [0, 0.1) is 0 Å². The van der Waals surface area contributed by atoms with Crippen LogP contribution in [0.2, 0.25) is 5.02 Å². The molecule has 3 nitrogen and oxygen atoms in total. The van der Waals surface area contributed by atoms with Gasteiger partial charge in [0.25, 0.3) is 0 Å². The standard InChI is InChI=1S/C16H15ClO3/c17-15-4-2-1-3-13(15)11-5-7-12(8-6-11)14(9-10-18)16(19)20/h1-8,14,18H,9-10H2,(H,19,20). The van der Waals surface area contributed by atoms with Crippen LogP contribution >= 0.6 is 11.6 Å². The lowest BCUT2D eigenvalue weighted by Crippen LogP contribution is -2.13. The molecule has 0 amide bonds. The van der Waals surface area contributed by atoms with Crippen LogP contribution < -0.4 is 0 Å². The zero-order valence-corrected chi connectivity index (χ0v) is 11.5. The van der Waals surface area contributed by atoms with Crippen molar-refractivity contribution in [3.05, 3.63) is 59.1 Å². The number of halogens is 1. The minimum Gasteiger partial charge on any atom is -0.481 e. The Kier molecular flexibility index (Phi) is 4.77. The number of carboxylic acids is 1. The maximum absolute atomic E-state index is 11.2. The molecule has 0 aromatic heterocycles. The smallest absolute Gasteiger partial charge is 0.311 e. The second kappa shape index (κ2) is 6.55. The van der Waals surface area contributed by atoms with E-state index in [0.717, 1.165) is 11.1 Å². The average Bonchev–Trinajstić information content (AvgIpc) is 2.45. The van der Waals surface area contributed by atoms with Gasteiger partial charge in [0.1, 0.15) is 0 Å². The summed E-state index contributed by atoms with van der Waals surface area (Å²) in [5.41, 5.74) is 2.53. The summed E-state index contributed by atoms with van der Waals surface area (Å²) in [6.07, 6.45) is 0.209. The second-order valence-electron chi connectivity index (χ2n) is 4.50. The molecule has 2 rings (SSSR count).